The summed E-state index contributed by atoms with van der Waals surface area (Å²) in [5.74, 6) is -12.3. The van der Waals surface area contributed by atoms with E-state index >= 15 is 0 Å². The summed E-state index contributed by atoms with van der Waals surface area (Å²) in [6, 6.07) is -15.7. The zero-order chi connectivity index (χ0) is 70.2. The number of rotatable bonds is 47. The van der Waals surface area contributed by atoms with Crippen LogP contribution in [0.4, 0.5) is 0 Å². The highest BCUT2D eigenvalue weighted by Gasteiger charge is 2.36. The Balaban J connectivity index is 7.03. The minimum atomic E-state index is -1.84. The van der Waals surface area contributed by atoms with E-state index in [9.17, 15) is 68.1 Å². The standard InChI is InChI=1S/C54H104N24O14/c1-27(2)23-36(46(87)74-32(14-9-19-65-51(57)58)41(82)69-30(6)50(91)92)76-48(89)38(25-79)78-49(90)39(26-80)77-47(88)37(24-28(3)4)75-45(86)35(17-12-22-68-54(63)64)73-44(85)34(16-11-21-67-53(61)62)72-43(84)33(15-10-20-66-52(59)60)71-42(83)31(13-7-8-18-55)70-40(81)29(5)56/h27-39,79-80H,7-26,55-56H2,1-6H3,(H,69,82)(H,70,81)(H,71,83)(H,72,84)(H,73,85)(H,74,87)(H,75,86)(H,76,89)(H,77,88)(H,78,90)(H,91,92)(H4,57,58,65)(H4,59,60,66)(H4,61,62,67)(H4,63,64,68)/t29-,30-,31-,32-,33-,34-,35-,36-,37-,38-,39-/m0/s1. The number of guanidine groups is 4. The Morgan fingerprint density at radius 1 is 0.337 bits per heavy atom. The molecule has 0 aromatic heterocycles. The molecule has 38 nitrogen and oxygen atoms in total. The molecular weight excluding hydrogens is 1210 g/mol. The number of aliphatic imine (C=N–C) groups is 4. The Bertz CT molecular complexity index is 2500. The first-order chi connectivity index (χ1) is 43.2. The molecule has 0 fully saturated rings. The monoisotopic (exact) mass is 1310 g/mol. The van der Waals surface area contributed by atoms with Gasteiger partial charge in [-0.25, -0.2) is 0 Å². The number of carboxylic acids is 1. The average molecular weight is 1310 g/mol. The van der Waals surface area contributed by atoms with Gasteiger partial charge >= 0.3 is 5.97 Å². The molecule has 10 amide bonds. The first-order valence-corrected chi connectivity index (χ1v) is 30.3. The Morgan fingerprint density at radius 2 is 0.565 bits per heavy atom. The van der Waals surface area contributed by atoms with Gasteiger partial charge in [-0.05, 0) is 116 Å². The zero-order valence-corrected chi connectivity index (χ0v) is 53.5. The zero-order valence-electron chi connectivity index (χ0n) is 53.5. The normalized spacial score (nSPS) is 14.6. The van der Waals surface area contributed by atoms with Crippen LogP contribution in [-0.4, -0.2) is 217 Å². The lowest BCUT2D eigenvalue weighted by Gasteiger charge is -2.28. The van der Waals surface area contributed by atoms with Crippen LogP contribution in [0.2, 0.25) is 0 Å². The van der Waals surface area contributed by atoms with Crippen molar-refractivity contribution in [1.29, 1.82) is 0 Å². The molecule has 38 heteroatoms. The number of carboxylic acid groups (broad SMARTS) is 1. The highest BCUT2D eigenvalue weighted by Crippen LogP contribution is 2.12. The summed E-state index contributed by atoms with van der Waals surface area (Å²) < 4.78 is 0. The van der Waals surface area contributed by atoms with Crippen molar-refractivity contribution >= 4 is 88.9 Å². The van der Waals surface area contributed by atoms with E-state index in [-0.39, 0.29) is 132 Å². The summed E-state index contributed by atoms with van der Waals surface area (Å²) in [6.07, 6.45) is 0.790. The van der Waals surface area contributed by atoms with Crippen molar-refractivity contribution in [3.8, 4) is 0 Å². The SMILES string of the molecule is CC(C)C[C@H](NC(=O)[C@H](CO)NC(=O)[C@H](CO)NC(=O)[C@H](CC(C)C)NC(=O)[C@H](CCCN=C(N)N)NC(=O)[C@H](CCCN=C(N)N)NC(=O)[C@H](CCCN=C(N)N)NC(=O)[C@H](CCCCN)NC(=O)[C@H](C)N)C(=O)N[C@@H](CCCN=C(N)N)C(=O)N[C@@H](C)C(=O)O. The lowest BCUT2D eigenvalue weighted by atomic mass is 10.0. The van der Waals surface area contributed by atoms with Crippen LogP contribution in [0.15, 0.2) is 20.0 Å². The van der Waals surface area contributed by atoms with Crippen molar-refractivity contribution in [1.82, 2.24) is 53.2 Å². The molecule has 11 atom stereocenters. The van der Waals surface area contributed by atoms with E-state index in [2.05, 4.69) is 73.1 Å². The first kappa shape index (κ1) is 83.1. The number of carbonyl (C=O) groups is 11. The lowest BCUT2D eigenvalue weighted by molar-refractivity contribution is -0.142. The van der Waals surface area contributed by atoms with E-state index in [0.717, 1.165) is 0 Å². The third kappa shape index (κ3) is 36.1. The molecule has 0 radical (unpaired) electrons. The number of amides is 10. The third-order valence-corrected chi connectivity index (χ3v) is 13.3. The number of nitrogens with zero attached hydrogens (tertiary/aromatic N) is 4. The van der Waals surface area contributed by atoms with Crippen LogP contribution in [-0.2, 0) is 52.7 Å². The molecule has 0 heterocycles. The van der Waals surface area contributed by atoms with Crippen molar-refractivity contribution in [2.75, 3.05) is 45.9 Å². The van der Waals surface area contributed by atoms with Gasteiger partial charge in [0.25, 0.3) is 0 Å². The minimum Gasteiger partial charge on any atom is -0.480 e. The number of nitrogens with one attached hydrogen (secondary N) is 10. The summed E-state index contributed by atoms with van der Waals surface area (Å²) >= 11 is 0. The molecule has 33 N–H and O–H groups in total. The molecule has 0 aromatic rings. The number of aliphatic hydroxyl groups is 2. The summed E-state index contributed by atoms with van der Waals surface area (Å²) in [5, 5.41) is 55.0. The molecule has 0 unspecified atom stereocenters. The van der Waals surface area contributed by atoms with Crippen LogP contribution < -0.4 is 111 Å². The second-order valence-corrected chi connectivity index (χ2v) is 22.6. The Kier molecular flexibility index (Phi) is 41.0. The molecule has 0 bridgehead atoms. The van der Waals surface area contributed by atoms with Crippen LogP contribution in [0.1, 0.15) is 125 Å². The highest BCUT2D eigenvalue weighted by atomic mass is 16.4. The van der Waals surface area contributed by atoms with Crippen molar-refractivity contribution < 1.29 is 68.1 Å². The molecule has 0 rings (SSSR count). The number of carbonyl (C=O) groups excluding carboxylic acids is 10. The average Bonchev–Trinajstić information content (AvgIpc) is 1.19. The fourth-order valence-electron chi connectivity index (χ4n) is 8.50. The molecule has 0 aliphatic carbocycles. The molecule has 92 heavy (non-hydrogen) atoms. The van der Waals surface area contributed by atoms with Gasteiger partial charge in [-0.1, -0.05) is 27.7 Å². The van der Waals surface area contributed by atoms with E-state index in [4.69, 9.17) is 57.3 Å². The maximum atomic E-state index is 14.5. The topological polar surface area (TPSA) is 678 Å². The number of unbranched alkanes of at least 4 members (excludes halogenated alkanes) is 1. The van der Waals surface area contributed by atoms with E-state index in [1.807, 2.05) is 0 Å². The van der Waals surface area contributed by atoms with Gasteiger partial charge in [-0.15, -0.1) is 0 Å². The first-order valence-electron chi connectivity index (χ1n) is 30.3. The van der Waals surface area contributed by atoms with Gasteiger partial charge in [0.2, 0.25) is 59.1 Å². The van der Waals surface area contributed by atoms with Gasteiger partial charge in [-0.2, -0.15) is 0 Å². The number of aliphatic hydroxyl groups excluding tert-OH is 2. The van der Waals surface area contributed by atoms with Crippen molar-refractivity contribution in [3.05, 3.63) is 0 Å². The summed E-state index contributed by atoms with van der Waals surface area (Å²) in [7, 11) is 0. The second kappa shape index (κ2) is 45.4. The quantitative estimate of drug-likeness (QED) is 0.0153. The van der Waals surface area contributed by atoms with Crippen LogP contribution in [0, 0.1) is 11.8 Å². The number of aliphatic carboxylic acids is 1. The Morgan fingerprint density at radius 3 is 0.804 bits per heavy atom. The van der Waals surface area contributed by atoms with Crippen molar-refractivity contribution in [2.45, 2.75) is 191 Å². The van der Waals surface area contributed by atoms with E-state index in [1.165, 1.54) is 13.8 Å². The number of nitrogens with two attached hydrogens (primary N) is 10. The molecule has 0 aromatic carbocycles. The Labute approximate surface area is 535 Å². The maximum absolute atomic E-state index is 14.5. The summed E-state index contributed by atoms with van der Waals surface area (Å²) in [6.45, 7) is 7.57. The van der Waals surface area contributed by atoms with E-state index in [1.54, 1.807) is 27.7 Å². The number of hydrogen-bond acceptors (Lipinski definition) is 19. The predicted octanol–water partition coefficient (Wildman–Crippen LogP) is -9.29. The fourth-order valence-corrected chi connectivity index (χ4v) is 8.50. The molecule has 0 aliphatic rings. The fraction of sp³-hybridized carbons (Fsp3) is 0.722. The molecule has 0 aliphatic heterocycles. The smallest absolute Gasteiger partial charge is 0.325 e. The Hall–Kier alpha value is -8.91. The molecule has 0 saturated carbocycles. The molecule has 0 spiro atoms. The van der Waals surface area contributed by atoms with Crippen LogP contribution in [0.5, 0.6) is 0 Å². The van der Waals surface area contributed by atoms with Crippen LogP contribution in [0.3, 0.4) is 0 Å². The molecular formula is C54H104N24O14. The van der Waals surface area contributed by atoms with Gasteiger partial charge in [-0.3, -0.25) is 72.7 Å². The van der Waals surface area contributed by atoms with Gasteiger partial charge in [0.1, 0.15) is 60.4 Å². The van der Waals surface area contributed by atoms with Gasteiger partial charge in [0, 0.05) is 26.2 Å². The van der Waals surface area contributed by atoms with Crippen LogP contribution in [0.25, 0.3) is 0 Å². The van der Waals surface area contributed by atoms with Gasteiger partial charge < -0.3 is 126 Å². The summed E-state index contributed by atoms with van der Waals surface area (Å²) in [5.41, 5.74) is 55.4. The lowest BCUT2D eigenvalue weighted by Crippen LogP contribution is -2.61. The predicted molar refractivity (Wildman–Crippen MR) is 342 cm³/mol. The maximum Gasteiger partial charge on any atom is 0.325 e. The van der Waals surface area contributed by atoms with E-state index in [0.29, 0.717) is 19.4 Å². The van der Waals surface area contributed by atoms with Crippen molar-refractivity contribution in [3.63, 3.8) is 0 Å². The largest absolute Gasteiger partial charge is 0.480 e. The summed E-state index contributed by atoms with van der Waals surface area (Å²) in [4.78, 5) is 166. The van der Waals surface area contributed by atoms with Crippen molar-refractivity contribution in [2.24, 2.45) is 89.1 Å². The minimum absolute atomic E-state index is 0.0236. The molecule has 524 valence electrons. The number of hydrogen-bond donors (Lipinski definition) is 23. The highest BCUT2D eigenvalue weighted by molar-refractivity contribution is 5.99. The molecule has 0 saturated heterocycles. The third-order valence-electron chi connectivity index (χ3n) is 13.3. The van der Waals surface area contributed by atoms with Gasteiger partial charge in [0.15, 0.2) is 23.8 Å². The van der Waals surface area contributed by atoms with Gasteiger partial charge in [0.05, 0.1) is 19.3 Å². The van der Waals surface area contributed by atoms with Crippen LogP contribution >= 0.6 is 0 Å². The van der Waals surface area contributed by atoms with E-state index < -0.39 is 145 Å². The second-order valence-electron chi connectivity index (χ2n) is 22.6.